The van der Waals surface area contributed by atoms with Gasteiger partial charge in [0, 0.05) is 26.2 Å². The molecule has 0 aromatic carbocycles. The molecule has 0 saturated heterocycles. The van der Waals surface area contributed by atoms with E-state index >= 15 is 0 Å². The van der Waals surface area contributed by atoms with Gasteiger partial charge >= 0.3 is 5.97 Å². The maximum Gasteiger partial charge on any atom is 0.303 e. The minimum Gasteiger partial charge on any atom is -0.481 e. The van der Waals surface area contributed by atoms with Crippen LogP contribution in [0.4, 0.5) is 10.2 Å². The summed E-state index contributed by atoms with van der Waals surface area (Å²) < 4.78 is 13.2. The first-order valence-corrected chi connectivity index (χ1v) is 4.64. The van der Waals surface area contributed by atoms with Crippen molar-refractivity contribution in [2.45, 2.75) is 12.8 Å². The van der Waals surface area contributed by atoms with Gasteiger partial charge in [-0.15, -0.1) is 0 Å². The van der Waals surface area contributed by atoms with E-state index < -0.39 is 11.8 Å². The minimum absolute atomic E-state index is 0.0821. The van der Waals surface area contributed by atoms with Gasteiger partial charge in [-0.05, 0) is 18.6 Å². The fraction of sp³-hybridized carbons (Fsp3) is 0.400. The summed E-state index contributed by atoms with van der Waals surface area (Å²) >= 11 is 0. The normalized spacial score (nSPS) is 10.0. The molecule has 1 N–H and O–H groups in total. The number of pyridine rings is 1. The Balaban J connectivity index is 2.50. The molecular weight excluding hydrogens is 199 g/mol. The van der Waals surface area contributed by atoms with E-state index in [0.29, 0.717) is 13.0 Å². The summed E-state index contributed by atoms with van der Waals surface area (Å²) in [5.74, 6) is -0.983. The van der Waals surface area contributed by atoms with E-state index in [1.807, 2.05) is 0 Å². The van der Waals surface area contributed by atoms with Gasteiger partial charge < -0.3 is 10.0 Å². The van der Waals surface area contributed by atoms with Crippen LogP contribution < -0.4 is 4.90 Å². The SMILES string of the molecule is CN(CCCC(=O)O)c1ncccc1F. The van der Waals surface area contributed by atoms with Crippen LogP contribution in [0.1, 0.15) is 12.8 Å². The van der Waals surface area contributed by atoms with E-state index in [1.54, 1.807) is 11.9 Å². The Labute approximate surface area is 87.4 Å². The molecule has 0 atom stereocenters. The predicted octanol–water partition coefficient (Wildman–Crippen LogP) is 1.52. The zero-order valence-electron chi connectivity index (χ0n) is 8.48. The number of aliphatic carboxylic acids is 1. The maximum absolute atomic E-state index is 13.2. The predicted molar refractivity (Wildman–Crippen MR) is 54.3 cm³/mol. The second kappa shape index (κ2) is 5.29. The standard InChI is InChI=1S/C10H13FN2O2/c1-13(7-3-5-9(14)15)10-8(11)4-2-6-12-10/h2,4,6H,3,5,7H2,1H3,(H,14,15). The molecule has 0 radical (unpaired) electrons. The average molecular weight is 212 g/mol. The summed E-state index contributed by atoms with van der Waals surface area (Å²) in [6, 6.07) is 2.85. The third kappa shape index (κ3) is 3.53. The number of rotatable bonds is 5. The molecule has 5 heteroatoms. The molecule has 0 aliphatic rings. The van der Waals surface area contributed by atoms with Crippen molar-refractivity contribution in [2.24, 2.45) is 0 Å². The van der Waals surface area contributed by atoms with Gasteiger partial charge in [-0.2, -0.15) is 0 Å². The topological polar surface area (TPSA) is 53.4 Å². The van der Waals surface area contributed by atoms with Crippen LogP contribution in [0, 0.1) is 5.82 Å². The lowest BCUT2D eigenvalue weighted by molar-refractivity contribution is -0.137. The summed E-state index contributed by atoms with van der Waals surface area (Å²) in [5.41, 5.74) is 0. The molecule has 82 valence electrons. The number of carboxylic acids is 1. The van der Waals surface area contributed by atoms with Gasteiger partial charge in [0.1, 0.15) is 0 Å². The number of carboxylic acid groups (broad SMARTS) is 1. The lowest BCUT2D eigenvalue weighted by Crippen LogP contribution is -2.21. The molecule has 4 nitrogen and oxygen atoms in total. The summed E-state index contributed by atoms with van der Waals surface area (Å²) in [7, 11) is 1.69. The highest BCUT2D eigenvalue weighted by Crippen LogP contribution is 2.13. The number of nitrogens with zero attached hydrogens (tertiary/aromatic N) is 2. The fourth-order valence-corrected chi connectivity index (χ4v) is 1.23. The quantitative estimate of drug-likeness (QED) is 0.804. The highest BCUT2D eigenvalue weighted by Gasteiger charge is 2.08. The second-order valence-electron chi connectivity index (χ2n) is 3.23. The molecule has 1 aromatic heterocycles. The first kappa shape index (κ1) is 11.4. The highest BCUT2D eigenvalue weighted by atomic mass is 19.1. The van der Waals surface area contributed by atoms with E-state index in [9.17, 15) is 9.18 Å². The van der Waals surface area contributed by atoms with Crippen LogP contribution in [-0.4, -0.2) is 29.7 Å². The molecule has 1 heterocycles. The van der Waals surface area contributed by atoms with Crippen molar-refractivity contribution in [2.75, 3.05) is 18.5 Å². The van der Waals surface area contributed by atoms with Crippen LogP contribution >= 0.6 is 0 Å². The molecule has 15 heavy (non-hydrogen) atoms. The summed E-state index contributed by atoms with van der Waals surface area (Å²) in [6.45, 7) is 0.472. The molecule has 1 aromatic rings. The number of hydrogen-bond acceptors (Lipinski definition) is 3. The third-order valence-electron chi connectivity index (χ3n) is 1.98. The Hall–Kier alpha value is -1.65. The molecule has 0 aliphatic heterocycles. The first-order valence-electron chi connectivity index (χ1n) is 4.64. The Morgan fingerprint density at radius 2 is 2.40 bits per heavy atom. The molecule has 0 fully saturated rings. The number of hydrogen-bond donors (Lipinski definition) is 1. The molecule has 0 bridgehead atoms. The van der Waals surface area contributed by atoms with Crippen molar-refractivity contribution in [3.05, 3.63) is 24.1 Å². The molecule has 0 spiro atoms. The van der Waals surface area contributed by atoms with E-state index in [-0.39, 0.29) is 12.2 Å². The zero-order valence-corrected chi connectivity index (χ0v) is 8.48. The Morgan fingerprint density at radius 1 is 1.67 bits per heavy atom. The van der Waals surface area contributed by atoms with Gasteiger partial charge in [0.2, 0.25) is 0 Å². The van der Waals surface area contributed by atoms with Crippen LogP contribution in [0.3, 0.4) is 0 Å². The lowest BCUT2D eigenvalue weighted by Gasteiger charge is -2.17. The van der Waals surface area contributed by atoms with Gasteiger partial charge in [-0.25, -0.2) is 9.37 Å². The zero-order chi connectivity index (χ0) is 11.3. The highest BCUT2D eigenvalue weighted by molar-refractivity contribution is 5.66. The Morgan fingerprint density at radius 3 is 3.00 bits per heavy atom. The van der Waals surface area contributed by atoms with Gasteiger partial charge in [0.25, 0.3) is 0 Å². The van der Waals surface area contributed by atoms with Crippen molar-refractivity contribution >= 4 is 11.8 Å². The van der Waals surface area contributed by atoms with Crippen LogP contribution in [0.15, 0.2) is 18.3 Å². The van der Waals surface area contributed by atoms with Gasteiger partial charge in [0.05, 0.1) is 0 Å². The van der Waals surface area contributed by atoms with Crippen molar-refractivity contribution < 1.29 is 14.3 Å². The van der Waals surface area contributed by atoms with Crippen molar-refractivity contribution in [3.63, 3.8) is 0 Å². The molecule has 1 rings (SSSR count). The summed E-state index contributed by atoms with van der Waals surface area (Å²) in [5, 5.41) is 8.44. The van der Waals surface area contributed by atoms with Crippen LogP contribution in [-0.2, 0) is 4.79 Å². The van der Waals surface area contributed by atoms with Gasteiger partial charge in [0.15, 0.2) is 11.6 Å². The van der Waals surface area contributed by atoms with Crippen LogP contribution in [0.5, 0.6) is 0 Å². The first-order chi connectivity index (χ1) is 7.11. The van der Waals surface area contributed by atoms with Gasteiger partial charge in [-0.1, -0.05) is 0 Å². The monoisotopic (exact) mass is 212 g/mol. The Kier molecular flexibility index (Phi) is 4.03. The van der Waals surface area contributed by atoms with Crippen molar-refractivity contribution in [3.8, 4) is 0 Å². The van der Waals surface area contributed by atoms with Crippen molar-refractivity contribution in [1.82, 2.24) is 4.98 Å². The molecule has 0 saturated carbocycles. The summed E-state index contributed by atoms with van der Waals surface area (Å²) in [4.78, 5) is 15.8. The van der Waals surface area contributed by atoms with E-state index in [0.717, 1.165) is 0 Å². The van der Waals surface area contributed by atoms with Crippen LogP contribution in [0.2, 0.25) is 0 Å². The van der Waals surface area contributed by atoms with Crippen LogP contribution in [0.25, 0.3) is 0 Å². The van der Waals surface area contributed by atoms with Gasteiger partial charge in [-0.3, -0.25) is 4.79 Å². The van der Waals surface area contributed by atoms with Crippen molar-refractivity contribution in [1.29, 1.82) is 0 Å². The largest absolute Gasteiger partial charge is 0.481 e. The van der Waals surface area contributed by atoms with E-state index in [2.05, 4.69) is 4.98 Å². The number of anilines is 1. The molecule has 0 aliphatic carbocycles. The average Bonchev–Trinajstić information content (AvgIpc) is 2.17. The smallest absolute Gasteiger partial charge is 0.303 e. The number of carbonyl (C=O) groups is 1. The molecule has 0 amide bonds. The minimum atomic E-state index is -0.843. The fourth-order valence-electron chi connectivity index (χ4n) is 1.23. The second-order valence-corrected chi connectivity index (χ2v) is 3.23. The van der Waals surface area contributed by atoms with E-state index in [4.69, 9.17) is 5.11 Å². The molecule has 0 unspecified atom stereocenters. The lowest BCUT2D eigenvalue weighted by atomic mass is 10.3. The third-order valence-corrected chi connectivity index (χ3v) is 1.98. The Bertz CT molecular complexity index is 344. The maximum atomic E-state index is 13.2. The van der Waals surface area contributed by atoms with E-state index in [1.165, 1.54) is 18.3 Å². The molecular formula is C10H13FN2O2. The number of halogens is 1. The summed E-state index contributed by atoms with van der Waals surface area (Å²) in [6.07, 6.45) is 2.06. The number of aromatic nitrogens is 1.